The number of rotatable bonds is 5. The molecule has 3 atom stereocenters. The monoisotopic (exact) mass is 201 g/mol. The van der Waals surface area contributed by atoms with Crippen LogP contribution in [0, 0.1) is 0 Å². The molecule has 0 radical (unpaired) electrons. The lowest BCUT2D eigenvalue weighted by atomic mass is 9.92. The lowest BCUT2D eigenvalue weighted by Crippen LogP contribution is -2.43. The maximum absolute atomic E-state index is 9.09. The van der Waals surface area contributed by atoms with Crippen LogP contribution in [-0.4, -0.2) is 37.0 Å². The van der Waals surface area contributed by atoms with E-state index in [1.165, 1.54) is 19.3 Å². The molecule has 0 aromatic heterocycles. The van der Waals surface area contributed by atoms with Crippen LogP contribution in [0.4, 0.5) is 0 Å². The van der Waals surface area contributed by atoms with Crippen molar-refractivity contribution in [2.24, 2.45) is 0 Å². The summed E-state index contributed by atoms with van der Waals surface area (Å²) in [6.07, 6.45) is 6.13. The molecule has 0 aromatic carbocycles. The Morgan fingerprint density at radius 1 is 1.50 bits per heavy atom. The summed E-state index contributed by atoms with van der Waals surface area (Å²) in [5.41, 5.74) is 0. The van der Waals surface area contributed by atoms with Crippen LogP contribution in [0.15, 0.2) is 0 Å². The van der Waals surface area contributed by atoms with Gasteiger partial charge in [-0.3, -0.25) is 0 Å². The highest BCUT2D eigenvalue weighted by atomic mass is 16.5. The van der Waals surface area contributed by atoms with Crippen molar-refractivity contribution in [2.45, 2.75) is 57.2 Å². The van der Waals surface area contributed by atoms with Gasteiger partial charge in [-0.2, -0.15) is 0 Å². The maximum Gasteiger partial charge on any atom is 0.0586 e. The Balaban J connectivity index is 2.29. The standard InChI is InChI=1S/C11H23NO2/c1-3-9(8-13)12-10-5-4-6-11(7-10)14-2/h9-13H,3-8H2,1-2H3/t9-,10?,11?/m0/s1. The molecule has 3 nitrogen and oxygen atoms in total. The quantitative estimate of drug-likeness (QED) is 0.704. The molecule has 3 heteroatoms. The lowest BCUT2D eigenvalue weighted by Gasteiger charge is -2.31. The molecule has 0 saturated heterocycles. The summed E-state index contributed by atoms with van der Waals surface area (Å²) < 4.78 is 5.37. The average molecular weight is 201 g/mol. The third kappa shape index (κ3) is 3.56. The van der Waals surface area contributed by atoms with Crippen molar-refractivity contribution < 1.29 is 9.84 Å². The second-order valence-corrected chi connectivity index (χ2v) is 4.18. The molecule has 0 spiro atoms. The largest absolute Gasteiger partial charge is 0.395 e. The number of aliphatic hydroxyl groups is 1. The van der Waals surface area contributed by atoms with E-state index in [2.05, 4.69) is 12.2 Å². The fraction of sp³-hybridized carbons (Fsp3) is 1.00. The van der Waals surface area contributed by atoms with Crippen LogP contribution in [0.3, 0.4) is 0 Å². The summed E-state index contributed by atoms with van der Waals surface area (Å²) >= 11 is 0. The van der Waals surface area contributed by atoms with E-state index < -0.39 is 0 Å². The van der Waals surface area contributed by atoms with Crippen LogP contribution in [0.25, 0.3) is 0 Å². The van der Waals surface area contributed by atoms with Crippen molar-refractivity contribution in [1.29, 1.82) is 0 Å². The van der Waals surface area contributed by atoms with Crippen LogP contribution in [0.1, 0.15) is 39.0 Å². The molecule has 2 N–H and O–H groups in total. The van der Waals surface area contributed by atoms with Crippen molar-refractivity contribution in [1.82, 2.24) is 5.32 Å². The van der Waals surface area contributed by atoms with Crippen molar-refractivity contribution in [3.63, 3.8) is 0 Å². The molecule has 1 aliphatic rings. The lowest BCUT2D eigenvalue weighted by molar-refractivity contribution is 0.0548. The van der Waals surface area contributed by atoms with Gasteiger partial charge in [-0.1, -0.05) is 6.92 Å². The summed E-state index contributed by atoms with van der Waals surface area (Å²) in [5.74, 6) is 0. The highest BCUT2D eigenvalue weighted by Crippen LogP contribution is 2.21. The molecular weight excluding hydrogens is 178 g/mol. The molecule has 0 heterocycles. The van der Waals surface area contributed by atoms with E-state index in [1.54, 1.807) is 7.11 Å². The van der Waals surface area contributed by atoms with Gasteiger partial charge in [-0.15, -0.1) is 0 Å². The van der Waals surface area contributed by atoms with E-state index in [9.17, 15) is 0 Å². The van der Waals surface area contributed by atoms with Crippen LogP contribution >= 0.6 is 0 Å². The third-order valence-electron chi connectivity index (χ3n) is 3.14. The maximum atomic E-state index is 9.09. The molecule has 1 rings (SSSR count). The third-order valence-corrected chi connectivity index (χ3v) is 3.14. The van der Waals surface area contributed by atoms with Crippen LogP contribution in [0.2, 0.25) is 0 Å². The minimum atomic E-state index is 0.241. The van der Waals surface area contributed by atoms with Gasteiger partial charge in [0.25, 0.3) is 0 Å². The zero-order chi connectivity index (χ0) is 10.4. The van der Waals surface area contributed by atoms with E-state index >= 15 is 0 Å². The number of hydrogen-bond donors (Lipinski definition) is 2. The van der Waals surface area contributed by atoms with E-state index in [1.807, 2.05) is 0 Å². The molecule has 1 saturated carbocycles. The number of methoxy groups -OCH3 is 1. The number of hydrogen-bond acceptors (Lipinski definition) is 3. The minimum absolute atomic E-state index is 0.241. The number of aliphatic hydroxyl groups excluding tert-OH is 1. The first-order chi connectivity index (χ1) is 6.80. The fourth-order valence-corrected chi connectivity index (χ4v) is 2.14. The highest BCUT2D eigenvalue weighted by Gasteiger charge is 2.22. The highest BCUT2D eigenvalue weighted by molar-refractivity contribution is 4.80. The van der Waals surface area contributed by atoms with Gasteiger partial charge in [0, 0.05) is 19.2 Å². The molecule has 0 aromatic rings. The molecule has 0 bridgehead atoms. The molecule has 1 aliphatic carbocycles. The first-order valence-corrected chi connectivity index (χ1v) is 5.69. The Kier molecular flexibility index (Phi) is 5.45. The van der Waals surface area contributed by atoms with Crippen LogP contribution in [0.5, 0.6) is 0 Å². The van der Waals surface area contributed by atoms with E-state index in [4.69, 9.17) is 9.84 Å². The fourth-order valence-electron chi connectivity index (χ4n) is 2.14. The van der Waals surface area contributed by atoms with Crippen LogP contribution < -0.4 is 5.32 Å². The molecule has 0 amide bonds. The second-order valence-electron chi connectivity index (χ2n) is 4.18. The second kappa shape index (κ2) is 6.38. The van der Waals surface area contributed by atoms with Crippen molar-refractivity contribution in [3.05, 3.63) is 0 Å². The van der Waals surface area contributed by atoms with Gasteiger partial charge >= 0.3 is 0 Å². The van der Waals surface area contributed by atoms with Gasteiger partial charge in [0.2, 0.25) is 0 Å². The molecule has 84 valence electrons. The summed E-state index contributed by atoms with van der Waals surface area (Å²) in [5, 5.41) is 12.6. The molecule has 2 unspecified atom stereocenters. The van der Waals surface area contributed by atoms with E-state index in [0.29, 0.717) is 12.1 Å². The predicted octanol–water partition coefficient (Wildman–Crippen LogP) is 1.30. The first kappa shape index (κ1) is 12.0. The van der Waals surface area contributed by atoms with Gasteiger partial charge < -0.3 is 15.2 Å². The Morgan fingerprint density at radius 3 is 2.86 bits per heavy atom. The van der Waals surface area contributed by atoms with Crippen molar-refractivity contribution in [3.8, 4) is 0 Å². The topological polar surface area (TPSA) is 41.5 Å². The minimum Gasteiger partial charge on any atom is -0.395 e. The Morgan fingerprint density at radius 2 is 2.29 bits per heavy atom. The van der Waals surface area contributed by atoms with E-state index in [-0.39, 0.29) is 12.6 Å². The summed E-state index contributed by atoms with van der Waals surface area (Å²) in [4.78, 5) is 0. The molecular formula is C11H23NO2. The Labute approximate surface area is 86.8 Å². The summed E-state index contributed by atoms with van der Waals surface area (Å²) in [6, 6.07) is 0.793. The van der Waals surface area contributed by atoms with E-state index in [0.717, 1.165) is 12.8 Å². The zero-order valence-corrected chi connectivity index (χ0v) is 9.33. The number of ether oxygens (including phenoxy) is 1. The van der Waals surface area contributed by atoms with Gasteiger partial charge in [-0.25, -0.2) is 0 Å². The average Bonchev–Trinajstić information content (AvgIpc) is 2.26. The first-order valence-electron chi connectivity index (χ1n) is 5.69. The summed E-state index contributed by atoms with van der Waals surface area (Å²) in [7, 11) is 1.79. The Hall–Kier alpha value is -0.120. The SMILES string of the molecule is CC[C@@H](CO)NC1CCCC(OC)C1. The Bertz CT molecular complexity index is 148. The molecule has 0 aliphatic heterocycles. The molecule has 1 fully saturated rings. The smallest absolute Gasteiger partial charge is 0.0586 e. The predicted molar refractivity (Wildman–Crippen MR) is 57.4 cm³/mol. The van der Waals surface area contributed by atoms with Crippen molar-refractivity contribution >= 4 is 0 Å². The van der Waals surface area contributed by atoms with Crippen LogP contribution in [-0.2, 0) is 4.74 Å². The van der Waals surface area contributed by atoms with Crippen molar-refractivity contribution in [2.75, 3.05) is 13.7 Å². The van der Waals surface area contributed by atoms with Gasteiger partial charge in [-0.05, 0) is 32.1 Å². The van der Waals surface area contributed by atoms with Gasteiger partial charge in [0.15, 0.2) is 0 Å². The molecule has 14 heavy (non-hydrogen) atoms. The number of nitrogens with one attached hydrogen (secondary N) is 1. The summed E-state index contributed by atoms with van der Waals surface area (Å²) in [6.45, 7) is 2.34. The zero-order valence-electron chi connectivity index (χ0n) is 9.33. The normalized spacial score (nSPS) is 30.2. The van der Waals surface area contributed by atoms with Gasteiger partial charge in [0.1, 0.15) is 0 Å². The van der Waals surface area contributed by atoms with Gasteiger partial charge in [0.05, 0.1) is 12.7 Å².